The van der Waals surface area contributed by atoms with Crippen LogP contribution in [-0.2, 0) is 11.3 Å². The van der Waals surface area contributed by atoms with E-state index in [9.17, 15) is 4.79 Å². The molecule has 0 saturated carbocycles. The molecule has 0 aliphatic carbocycles. The van der Waals surface area contributed by atoms with E-state index in [1.807, 2.05) is 30.3 Å². The molecule has 1 fully saturated rings. The fraction of sp³-hybridized carbons (Fsp3) is 0.259. The minimum Gasteiger partial charge on any atom is -0.491 e. The van der Waals surface area contributed by atoms with Crippen molar-refractivity contribution in [2.75, 3.05) is 13.2 Å². The Bertz CT molecular complexity index is 1230. The number of nitrogens with zero attached hydrogens (tertiary/aromatic N) is 2. The zero-order valence-corrected chi connectivity index (χ0v) is 20.6. The summed E-state index contributed by atoms with van der Waals surface area (Å²) in [5, 5.41) is 1.10. The molecular formula is C27H28N2O2S2. The molecule has 2 aromatic carbocycles. The summed E-state index contributed by atoms with van der Waals surface area (Å²) >= 11 is 6.72. The number of hydrogen-bond acceptors (Lipinski definition) is 4. The number of benzene rings is 2. The van der Waals surface area contributed by atoms with Gasteiger partial charge in [0, 0.05) is 29.2 Å². The topological polar surface area (TPSA) is 34.5 Å². The standard InChI is InChI=1S/C27H28N2O2S2/c1-4-14-29-26(30)25(33-27(29)32)17-20-18-28(23-12-8-6-11-22(20)23)15-16-31-24-13-9-7-10-21(24)19(3)5-2/h4,6-13,17-19H,1,5,14-16H2,2-3H3/b25-17+/t19-/m1/s1. The molecule has 3 aromatic rings. The van der Waals surface area contributed by atoms with Crippen LogP contribution in [0, 0.1) is 0 Å². The van der Waals surface area contributed by atoms with Crippen molar-refractivity contribution in [2.45, 2.75) is 32.7 Å². The summed E-state index contributed by atoms with van der Waals surface area (Å²) in [5.41, 5.74) is 3.37. The van der Waals surface area contributed by atoms with Gasteiger partial charge in [-0.05, 0) is 36.1 Å². The van der Waals surface area contributed by atoms with Gasteiger partial charge in [-0.1, -0.05) is 80.3 Å². The van der Waals surface area contributed by atoms with Gasteiger partial charge in [0.1, 0.15) is 16.7 Å². The molecule has 2 heterocycles. The number of thioether (sulfide) groups is 1. The predicted octanol–water partition coefficient (Wildman–Crippen LogP) is 6.62. The smallest absolute Gasteiger partial charge is 0.266 e. The number of amides is 1. The number of carbonyl (C=O) groups excluding carboxylic acids is 1. The summed E-state index contributed by atoms with van der Waals surface area (Å²) in [6, 6.07) is 16.5. The Kier molecular flexibility index (Phi) is 7.36. The Morgan fingerprint density at radius 2 is 1.94 bits per heavy atom. The molecule has 1 amide bonds. The van der Waals surface area contributed by atoms with E-state index < -0.39 is 0 Å². The van der Waals surface area contributed by atoms with Gasteiger partial charge in [0.05, 0.1) is 11.4 Å². The molecular weight excluding hydrogens is 448 g/mol. The first-order valence-corrected chi connectivity index (χ1v) is 12.4. The van der Waals surface area contributed by atoms with Crippen molar-refractivity contribution < 1.29 is 9.53 Å². The largest absolute Gasteiger partial charge is 0.491 e. The zero-order chi connectivity index (χ0) is 23.4. The van der Waals surface area contributed by atoms with Crippen LogP contribution in [0.25, 0.3) is 17.0 Å². The number of carbonyl (C=O) groups is 1. The number of fused-ring (bicyclic) bond motifs is 1. The predicted molar refractivity (Wildman–Crippen MR) is 143 cm³/mol. The maximum Gasteiger partial charge on any atom is 0.266 e. The number of aromatic nitrogens is 1. The molecule has 0 radical (unpaired) electrons. The maximum atomic E-state index is 12.8. The van der Waals surface area contributed by atoms with Gasteiger partial charge >= 0.3 is 0 Å². The molecule has 0 N–H and O–H groups in total. The molecule has 0 spiro atoms. The normalized spacial score (nSPS) is 16.1. The summed E-state index contributed by atoms with van der Waals surface area (Å²) in [5.74, 6) is 1.35. The Balaban J connectivity index is 1.56. The highest BCUT2D eigenvalue weighted by Crippen LogP contribution is 2.34. The van der Waals surface area contributed by atoms with Crippen LogP contribution in [0.5, 0.6) is 5.75 Å². The summed E-state index contributed by atoms with van der Waals surface area (Å²) in [6.07, 6.45) is 6.80. The van der Waals surface area contributed by atoms with Gasteiger partial charge in [-0.25, -0.2) is 0 Å². The lowest BCUT2D eigenvalue weighted by Crippen LogP contribution is -2.27. The fourth-order valence-corrected chi connectivity index (χ4v) is 5.26. The van der Waals surface area contributed by atoms with E-state index >= 15 is 0 Å². The molecule has 0 bridgehead atoms. The number of thiocarbonyl (C=S) groups is 1. The highest BCUT2D eigenvalue weighted by atomic mass is 32.2. The molecule has 170 valence electrons. The second-order valence-corrected chi connectivity index (χ2v) is 9.75. The number of hydrogen-bond donors (Lipinski definition) is 0. The van der Waals surface area contributed by atoms with Crippen molar-refractivity contribution in [3.05, 3.63) is 83.4 Å². The maximum absolute atomic E-state index is 12.8. The van der Waals surface area contributed by atoms with E-state index in [-0.39, 0.29) is 5.91 Å². The van der Waals surface area contributed by atoms with Gasteiger partial charge in [-0.2, -0.15) is 0 Å². The molecule has 1 aliphatic rings. The third-order valence-electron chi connectivity index (χ3n) is 5.94. The molecule has 4 nitrogen and oxygen atoms in total. The summed E-state index contributed by atoms with van der Waals surface area (Å²) in [6.45, 7) is 9.84. The lowest BCUT2D eigenvalue weighted by Gasteiger charge is -2.16. The highest BCUT2D eigenvalue weighted by Gasteiger charge is 2.31. The van der Waals surface area contributed by atoms with Crippen molar-refractivity contribution in [3.63, 3.8) is 0 Å². The lowest BCUT2D eigenvalue weighted by molar-refractivity contribution is -0.121. The minimum absolute atomic E-state index is 0.0632. The molecule has 1 aliphatic heterocycles. The third-order valence-corrected chi connectivity index (χ3v) is 7.32. The first-order valence-electron chi connectivity index (χ1n) is 11.2. The van der Waals surface area contributed by atoms with E-state index in [1.165, 1.54) is 17.3 Å². The second kappa shape index (κ2) is 10.4. The fourth-order valence-electron chi connectivity index (χ4n) is 4.00. The van der Waals surface area contributed by atoms with Crippen molar-refractivity contribution >= 4 is 51.2 Å². The summed E-state index contributed by atoms with van der Waals surface area (Å²) in [7, 11) is 0. The van der Waals surface area contributed by atoms with Crippen LogP contribution in [0.1, 0.15) is 37.3 Å². The van der Waals surface area contributed by atoms with Gasteiger partial charge < -0.3 is 9.30 Å². The van der Waals surface area contributed by atoms with Gasteiger partial charge in [0.15, 0.2) is 0 Å². The van der Waals surface area contributed by atoms with Gasteiger partial charge in [-0.15, -0.1) is 6.58 Å². The average molecular weight is 477 g/mol. The van der Waals surface area contributed by atoms with Crippen LogP contribution >= 0.6 is 24.0 Å². The zero-order valence-electron chi connectivity index (χ0n) is 19.0. The SMILES string of the molecule is C=CCN1C(=O)/C(=C\c2cn(CCOc3ccccc3[C@H](C)CC)c3ccccc23)SC1=S. The second-order valence-electron chi connectivity index (χ2n) is 8.07. The van der Waals surface area contributed by atoms with E-state index in [0.717, 1.165) is 28.6 Å². The first-order chi connectivity index (χ1) is 16.0. The summed E-state index contributed by atoms with van der Waals surface area (Å²) in [4.78, 5) is 15.0. The Morgan fingerprint density at radius 1 is 1.18 bits per heavy atom. The molecule has 4 rings (SSSR count). The Hall–Kier alpha value is -2.83. The van der Waals surface area contributed by atoms with Crippen LogP contribution in [0.2, 0.25) is 0 Å². The molecule has 33 heavy (non-hydrogen) atoms. The minimum atomic E-state index is -0.0632. The number of ether oxygens (including phenoxy) is 1. The number of rotatable bonds is 9. The van der Waals surface area contributed by atoms with Crippen LogP contribution in [0.15, 0.2) is 72.3 Å². The highest BCUT2D eigenvalue weighted by molar-refractivity contribution is 8.26. The van der Waals surface area contributed by atoms with Crippen molar-refractivity contribution in [2.24, 2.45) is 0 Å². The van der Waals surface area contributed by atoms with Gasteiger partial charge in [0.2, 0.25) is 0 Å². The first kappa shape index (κ1) is 23.3. The van der Waals surface area contributed by atoms with E-state index in [2.05, 4.69) is 55.5 Å². The van der Waals surface area contributed by atoms with Gasteiger partial charge in [-0.3, -0.25) is 9.69 Å². The van der Waals surface area contributed by atoms with E-state index in [1.54, 1.807) is 11.0 Å². The van der Waals surface area contributed by atoms with E-state index in [0.29, 0.717) is 34.8 Å². The Labute approximate surface area is 204 Å². The van der Waals surface area contributed by atoms with Crippen molar-refractivity contribution in [1.82, 2.24) is 9.47 Å². The van der Waals surface area contributed by atoms with Crippen LogP contribution in [0.3, 0.4) is 0 Å². The molecule has 1 aromatic heterocycles. The van der Waals surface area contributed by atoms with Crippen LogP contribution < -0.4 is 4.74 Å². The van der Waals surface area contributed by atoms with E-state index in [4.69, 9.17) is 17.0 Å². The monoisotopic (exact) mass is 476 g/mol. The van der Waals surface area contributed by atoms with Crippen LogP contribution in [0.4, 0.5) is 0 Å². The van der Waals surface area contributed by atoms with Crippen molar-refractivity contribution in [3.8, 4) is 5.75 Å². The number of para-hydroxylation sites is 2. The van der Waals surface area contributed by atoms with Crippen LogP contribution in [-0.4, -0.2) is 32.8 Å². The average Bonchev–Trinajstić information content (AvgIpc) is 3.31. The molecule has 6 heteroatoms. The summed E-state index contributed by atoms with van der Waals surface area (Å²) < 4.78 is 8.96. The van der Waals surface area contributed by atoms with Gasteiger partial charge in [0.25, 0.3) is 5.91 Å². The molecule has 1 atom stereocenters. The third kappa shape index (κ3) is 4.92. The lowest BCUT2D eigenvalue weighted by atomic mass is 9.98. The van der Waals surface area contributed by atoms with Crippen molar-refractivity contribution in [1.29, 1.82) is 0 Å². The molecule has 0 unspecified atom stereocenters. The quantitative estimate of drug-likeness (QED) is 0.197. The Morgan fingerprint density at radius 3 is 2.73 bits per heavy atom. The molecule has 1 saturated heterocycles.